The van der Waals surface area contributed by atoms with E-state index in [1.54, 1.807) is 6.92 Å². The minimum absolute atomic E-state index is 0.291. The summed E-state index contributed by atoms with van der Waals surface area (Å²) in [5.41, 5.74) is 1.15. The highest BCUT2D eigenvalue weighted by Crippen LogP contribution is 2.33. The molecule has 0 unspecified atom stereocenters. The van der Waals surface area contributed by atoms with Gasteiger partial charge in [0.1, 0.15) is 5.52 Å². The highest BCUT2D eigenvalue weighted by molar-refractivity contribution is 7.19. The molecule has 0 radical (unpaired) electrons. The quantitative estimate of drug-likeness (QED) is 0.654. The van der Waals surface area contributed by atoms with Crippen LogP contribution < -0.4 is 0 Å². The molecule has 0 fully saturated rings. The van der Waals surface area contributed by atoms with Crippen molar-refractivity contribution in [3.05, 3.63) is 27.5 Å². The van der Waals surface area contributed by atoms with E-state index in [0.717, 1.165) is 15.3 Å². The highest BCUT2D eigenvalue weighted by atomic mass is 35.5. The predicted molar refractivity (Wildman–Crippen MR) is 65.4 cm³/mol. The van der Waals surface area contributed by atoms with Gasteiger partial charge in [-0.1, -0.05) is 25.4 Å². The summed E-state index contributed by atoms with van der Waals surface area (Å²) < 4.78 is 14.1. The van der Waals surface area contributed by atoms with E-state index in [9.17, 15) is 4.39 Å². The number of rotatable bonds is 0. The first-order valence-electron chi connectivity index (χ1n) is 4.81. The SMILES string of the molecule is CC.Cc1nc2c(F)cc(C)c(Cl)c2s1. The zero-order valence-corrected chi connectivity index (χ0v) is 10.8. The maximum atomic E-state index is 13.3. The zero-order valence-electron chi connectivity index (χ0n) is 9.19. The monoisotopic (exact) mass is 245 g/mol. The van der Waals surface area contributed by atoms with Crippen molar-refractivity contribution in [1.82, 2.24) is 4.98 Å². The molecule has 0 aliphatic rings. The molecular formula is C11H13ClFNS. The Balaban J connectivity index is 0.000000531. The van der Waals surface area contributed by atoms with Crippen LogP contribution in [0.1, 0.15) is 24.4 Å². The Labute approximate surface area is 97.9 Å². The molecule has 0 spiro atoms. The zero-order chi connectivity index (χ0) is 11.6. The third-order valence-corrected chi connectivity index (χ3v) is 3.44. The van der Waals surface area contributed by atoms with Crippen LogP contribution in [-0.2, 0) is 0 Å². The van der Waals surface area contributed by atoms with Crippen LogP contribution >= 0.6 is 22.9 Å². The first kappa shape index (κ1) is 12.4. The molecule has 0 aliphatic carbocycles. The van der Waals surface area contributed by atoms with Crippen molar-refractivity contribution in [1.29, 1.82) is 0 Å². The van der Waals surface area contributed by atoms with Crippen LogP contribution in [0.25, 0.3) is 10.2 Å². The van der Waals surface area contributed by atoms with Crippen molar-refractivity contribution in [3.63, 3.8) is 0 Å². The molecule has 15 heavy (non-hydrogen) atoms. The van der Waals surface area contributed by atoms with E-state index >= 15 is 0 Å². The summed E-state index contributed by atoms with van der Waals surface area (Å²) >= 11 is 7.44. The van der Waals surface area contributed by atoms with Crippen molar-refractivity contribution < 1.29 is 4.39 Å². The second-order valence-corrected chi connectivity index (χ2v) is 4.48. The predicted octanol–water partition coefficient (Wildman–Crippen LogP) is 4.73. The lowest BCUT2D eigenvalue weighted by Crippen LogP contribution is -1.82. The van der Waals surface area contributed by atoms with Gasteiger partial charge < -0.3 is 0 Å². The second-order valence-electron chi connectivity index (χ2n) is 2.90. The maximum Gasteiger partial charge on any atom is 0.150 e. The van der Waals surface area contributed by atoms with Crippen LogP contribution in [0.3, 0.4) is 0 Å². The Morgan fingerprint density at radius 1 is 1.33 bits per heavy atom. The van der Waals surface area contributed by atoms with E-state index in [0.29, 0.717) is 10.5 Å². The Morgan fingerprint density at radius 2 is 1.93 bits per heavy atom. The van der Waals surface area contributed by atoms with Crippen LogP contribution in [0, 0.1) is 19.7 Å². The fraction of sp³-hybridized carbons (Fsp3) is 0.364. The van der Waals surface area contributed by atoms with Crippen molar-refractivity contribution in [3.8, 4) is 0 Å². The van der Waals surface area contributed by atoms with Gasteiger partial charge >= 0.3 is 0 Å². The van der Waals surface area contributed by atoms with Crippen molar-refractivity contribution >= 4 is 33.2 Å². The molecule has 1 aromatic heterocycles. The fourth-order valence-corrected chi connectivity index (χ4v) is 2.42. The minimum atomic E-state index is -0.291. The Bertz CT molecular complexity index is 479. The molecule has 0 saturated heterocycles. The van der Waals surface area contributed by atoms with Gasteiger partial charge in [0.2, 0.25) is 0 Å². The number of aryl methyl sites for hydroxylation is 2. The second kappa shape index (κ2) is 4.90. The summed E-state index contributed by atoms with van der Waals surface area (Å²) in [5, 5.41) is 1.45. The molecule has 0 saturated carbocycles. The average Bonchev–Trinajstić information content (AvgIpc) is 2.61. The molecule has 2 rings (SSSR count). The fourth-order valence-electron chi connectivity index (χ4n) is 1.24. The van der Waals surface area contributed by atoms with Gasteiger partial charge in [0, 0.05) is 0 Å². The largest absolute Gasteiger partial charge is 0.238 e. The van der Waals surface area contributed by atoms with Crippen LogP contribution in [0.5, 0.6) is 0 Å². The van der Waals surface area contributed by atoms with E-state index in [4.69, 9.17) is 11.6 Å². The Morgan fingerprint density at radius 3 is 2.53 bits per heavy atom. The summed E-state index contributed by atoms with van der Waals surface area (Å²) in [7, 11) is 0. The Kier molecular flexibility index (Phi) is 4.05. The van der Waals surface area contributed by atoms with Gasteiger partial charge in [0.25, 0.3) is 0 Å². The number of halogens is 2. The highest BCUT2D eigenvalue weighted by Gasteiger charge is 2.11. The molecule has 0 N–H and O–H groups in total. The van der Waals surface area contributed by atoms with Gasteiger partial charge in [0.05, 0.1) is 14.7 Å². The summed E-state index contributed by atoms with van der Waals surface area (Å²) in [4.78, 5) is 4.07. The van der Waals surface area contributed by atoms with Crippen LogP contribution in [0.2, 0.25) is 5.02 Å². The Hall–Kier alpha value is -0.670. The number of hydrogen-bond donors (Lipinski definition) is 0. The molecule has 82 valence electrons. The first-order valence-corrected chi connectivity index (χ1v) is 6.01. The van der Waals surface area contributed by atoms with E-state index in [2.05, 4.69) is 4.98 Å². The molecule has 0 aliphatic heterocycles. The standard InChI is InChI=1S/C9H7ClFNS.C2H6/c1-4-3-6(11)8-9(7(4)10)13-5(2)12-8;1-2/h3H,1-2H3;1-2H3. The minimum Gasteiger partial charge on any atom is -0.238 e. The number of fused-ring (bicyclic) bond motifs is 1. The summed E-state index contributed by atoms with van der Waals surface area (Å²) in [6.45, 7) is 7.63. The van der Waals surface area contributed by atoms with E-state index in [1.165, 1.54) is 17.4 Å². The lowest BCUT2D eigenvalue weighted by atomic mass is 10.2. The normalized spacial score (nSPS) is 10.0. The molecule has 0 atom stereocenters. The summed E-state index contributed by atoms with van der Waals surface area (Å²) in [6.07, 6.45) is 0. The number of aromatic nitrogens is 1. The molecule has 0 amide bonds. The smallest absolute Gasteiger partial charge is 0.150 e. The molecule has 4 heteroatoms. The van der Waals surface area contributed by atoms with E-state index in [-0.39, 0.29) is 5.82 Å². The van der Waals surface area contributed by atoms with E-state index < -0.39 is 0 Å². The van der Waals surface area contributed by atoms with Crippen LogP contribution in [0.15, 0.2) is 6.07 Å². The summed E-state index contributed by atoms with van der Waals surface area (Å²) in [5.74, 6) is -0.291. The van der Waals surface area contributed by atoms with Crippen LogP contribution in [-0.4, -0.2) is 4.98 Å². The molecule has 1 heterocycles. The number of benzene rings is 1. The maximum absolute atomic E-state index is 13.3. The van der Waals surface area contributed by atoms with Gasteiger partial charge in [-0.3, -0.25) is 0 Å². The first-order chi connectivity index (χ1) is 7.09. The number of nitrogens with zero attached hydrogens (tertiary/aromatic N) is 1. The van der Waals surface area contributed by atoms with Gasteiger partial charge in [-0.05, 0) is 25.5 Å². The topological polar surface area (TPSA) is 12.9 Å². The molecule has 2 aromatic rings. The number of thiazole rings is 1. The third kappa shape index (κ3) is 2.29. The van der Waals surface area contributed by atoms with Crippen LogP contribution in [0.4, 0.5) is 4.39 Å². The van der Waals surface area contributed by atoms with Gasteiger partial charge in [-0.2, -0.15) is 0 Å². The van der Waals surface area contributed by atoms with E-state index in [1.807, 2.05) is 20.8 Å². The molecular weight excluding hydrogens is 233 g/mol. The summed E-state index contributed by atoms with van der Waals surface area (Å²) in [6, 6.07) is 1.42. The van der Waals surface area contributed by atoms with Crippen molar-refractivity contribution in [2.24, 2.45) is 0 Å². The van der Waals surface area contributed by atoms with Gasteiger partial charge in [-0.25, -0.2) is 9.37 Å². The number of hydrogen-bond acceptors (Lipinski definition) is 2. The lowest BCUT2D eigenvalue weighted by molar-refractivity contribution is 0.636. The molecule has 1 aromatic carbocycles. The molecule has 1 nitrogen and oxygen atoms in total. The average molecular weight is 246 g/mol. The van der Waals surface area contributed by atoms with Gasteiger partial charge in [-0.15, -0.1) is 11.3 Å². The van der Waals surface area contributed by atoms with Crippen molar-refractivity contribution in [2.75, 3.05) is 0 Å². The van der Waals surface area contributed by atoms with Crippen molar-refractivity contribution in [2.45, 2.75) is 27.7 Å². The third-order valence-electron chi connectivity index (χ3n) is 1.85. The lowest BCUT2D eigenvalue weighted by Gasteiger charge is -1.98. The van der Waals surface area contributed by atoms with Gasteiger partial charge in [0.15, 0.2) is 5.82 Å². The molecule has 0 bridgehead atoms.